The summed E-state index contributed by atoms with van der Waals surface area (Å²) >= 11 is 0. The molecular formula is C16H27NO3. The molecule has 0 aliphatic heterocycles. The molecule has 0 heterocycles. The Kier molecular flexibility index (Phi) is 3.52. The topological polar surface area (TPSA) is 58.9 Å². The van der Waals surface area contributed by atoms with E-state index in [0.29, 0.717) is 5.92 Å². The van der Waals surface area contributed by atoms with Crippen molar-refractivity contribution in [2.75, 3.05) is 6.54 Å². The van der Waals surface area contributed by atoms with Gasteiger partial charge in [-0.3, -0.25) is 9.79 Å². The fraction of sp³-hybridized carbons (Fsp3) is 0.875. The smallest absolute Gasteiger partial charge is 0.328 e. The molecule has 2 bridgehead atoms. The first kappa shape index (κ1) is 15.5. The van der Waals surface area contributed by atoms with Crippen LogP contribution in [0.2, 0.25) is 0 Å². The van der Waals surface area contributed by atoms with Crippen LogP contribution in [0.1, 0.15) is 54.4 Å². The summed E-state index contributed by atoms with van der Waals surface area (Å²) in [4.78, 5) is 16.1. The highest BCUT2D eigenvalue weighted by Gasteiger charge is 2.61. The first-order valence-corrected chi connectivity index (χ1v) is 7.42. The summed E-state index contributed by atoms with van der Waals surface area (Å²) in [6.07, 6.45) is 1.85. The minimum Gasteiger partial charge on any atom is -0.459 e. The van der Waals surface area contributed by atoms with E-state index in [-0.39, 0.29) is 23.8 Å². The Hall–Kier alpha value is -0.900. The highest BCUT2D eigenvalue weighted by atomic mass is 16.6. The number of hydrogen-bond donors (Lipinski definition) is 1. The lowest BCUT2D eigenvalue weighted by Gasteiger charge is -2.62. The van der Waals surface area contributed by atoms with Crippen molar-refractivity contribution in [1.29, 1.82) is 0 Å². The zero-order valence-electron chi connectivity index (χ0n) is 13.5. The van der Waals surface area contributed by atoms with Crippen LogP contribution in [-0.4, -0.2) is 34.5 Å². The first-order chi connectivity index (χ1) is 8.94. The van der Waals surface area contributed by atoms with Crippen LogP contribution in [0.3, 0.4) is 0 Å². The zero-order chi connectivity index (χ0) is 15.3. The minimum atomic E-state index is -0.889. The second-order valence-corrected chi connectivity index (χ2v) is 8.01. The van der Waals surface area contributed by atoms with Gasteiger partial charge >= 0.3 is 5.97 Å². The lowest BCUT2D eigenvalue weighted by molar-refractivity contribution is -0.153. The number of ether oxygens (including phenoxy) is 1. The fourth-order valence-electron chi connectivity index (χ4n) is 3.72. The molecule has 3 fully saturated rings. The summed E-state index contributed by atoms with van der Waals surface area (Å²) in [5.41, 5.74) is -0.436. The van der Waals surface area contributed by atoms with Gasteiger partial charge in [0.05, 0.1) is 0 Å². The maximum atomic E-state index is 11.7. The molecule has 114 valence electrons. The van der Waals surface area contributed by atoms with Crippen LogP contribution < -0.4 is 0 Å². The van der Waals surface area contributed by atoms with Crippen molar-refractivity contribution in [3.63, 3.8) is 0 Å². The second-order valence-electron chi connectivity index (χ2n) is 8.01. The Morgan fingerprint density at radius 1 is 1.40 bits per heavy atom. The van der Waals surface area contributed by atoms with Crippen molar-refractivity contribution >= 4 is 11.7 Å². The number of esters is 1. The van der Waals surface area contributed by atoms with Crippen LogP contribution in [0.4, 0.5) is 0 Å². The number of rotatable bonds is 2. The molecular weight excluding hydrogens is 254 g/mol. The third-order valence-corrected chi connectivity index (χ3v) is 4.99. The standard InChI is InChI=1S/C16H27NO3/c1-14(2,3)20-13(18)9-17-12-8-10-7-11(15(10,4)5)16(12,6)19/h10-11,19H,7-9H2,1-6H3/b17-12-/t10-,11-,16-/m1/s1. The van der Waals surface area contributed by atoms with Gasteiger partial charge in [0.25, 0.3) is 0 Å². The van der Waals surface area contributed by atoms with Gasteiger partial charge in [-0.15, -0.1) is 0 Å². The minimum absolute atomic E-state index is 0.00260. The van der Waals surface area contributed by atoms with Gasteiger partial charge in [-0.2, -0.15) is 0 Å². The van der Waals surface area contributed by atoms with Crippen molar-refractivity contribution in [2.45, 2.75) is 65.6 Å². The van der Waals surface area contributed by atoms with Gasteiger partial charge in [0.1, 0.15) is 17.7 Å². The highest BCUT2D eigenvalue weighted by molar-refractivity contribution is 5.95. The molecule has 3 aliphatic rings. The summed E-state index contributed by atoms with van der Waals surface area (Å²) in [6, 6.07) is 0. The van der Waals surface area contributed by atoms with Gasteiger partial charge in [0, 0.05) is 5.71 Å². The van der Waals surface area contributed by atoms with E-state index in [4.69, 9.17) is 4.74 Å². The third kappa shape index (κ3) is 2.62. The normalized spacial score (nSPS) is 37.5. The molecule has 3 saturated carbocycles. The molecule has 0 spiro atoms. The Morgan fingerprint density at radius 3 is 2.45 bits per heavy atom. The van der Waals surface area contributed by atoms with Gasteiger partial charge in [-0.25, -0.2) is 0 Å². The maximum Gasteiger partial charge on any atom is 0.328 e. The third-order valence-electron chi connectivity index (χ3n) is 4.99. The maximum absolute atomic E-state index is 11.7. The number of carbonyl (C=O) groups excluding carboxylic acids is 1. The Balaban J connectivity index is 2.04. The van der Waals surface area contributed by atoms with Crippen LogP contribution in [0, 0.1) is 17.3 Å². The van der Waals surface area contributed by atoms with E-state index in [1.807, 2.05) is 27.7 Å². The number of hydrogen-bond acceptors (Lipinski definition) is 4. The molecule has 3 rings (SSSR count). The molecule has 0 unspecified atom stereocenters. The van der Waals surface area contributed by atoms with Crippen LogP contribution in [0.15, 0.2) is 4.99 Å². The van der Waals surface area contributed by atoms with E-state index in [9.17, 15) is 9.90 Å². The summed E-state index contributed by atoms with van der Waals surface area (Å²) in [7, 11) is 0. The first-order valence-electron chi connectivity index (χ1n) is 7.42. The van der Waals surface area contributed by atoms with Crippen LogP contribution in [0.25, 0.3) is 0 Å². The van der Waals surface area contributed by atoms with Crippen molar-refractivity contribution < 1.29 is 14.6 Å². The molecule has 0 aromatic heterocycles. The molecule has 4 heteroatoms. The quantitative estimate of drug-likeness (QED) is 0.791. The number of fused-ring (bicyclic) bond motifs is 2. The van der Waals surface area contributed by atoms with Crippen molar-refractivity contribution in [3.8, 4) is 0 Å². The van der Waals surface area contributed by atoms with Crippen LogP contribution in [-0.2, 0) is 9.53 Å². The van der Waals surface area contributed by atoms with Crippen LogP contribution in [0.5, 0.6) is 0 Å². The Bertz CT molecular complexity index is 443. The molecule has 20 heavy (non-hydrogen) atoms. The summed E-state index contributed by atoms with van der Waals surface area (Å²) < 4.78 is 5.25. The van der Waals surface area contributed by atoms with E-state index in [0.717, 1.165) is 18.6 Å². The average molecular weight is 281 g/mol. The predicted molar refractivity (Wildman–Crippen MR) is 78.8 cm³/mol. The lowest BCUT2D eigenvalue weighted by atomic mass is 9.44. The van der Waals surface area contributed by atoms with Crippen LogP contribution >= 0.6 is 0 Å². The van der Waals surface area contributed by atoms with E-state index in [2.05, 4.69) is 18.8 Å². The Morgan fingerprint density at radius 2 is 2.00 bits per heavy atom. The molecule has 0 saturated heterocycles. The Labute approximate surface area is 121 Å². The molecule has 1 N–H and O–H groups in total. The van der Waals surface area contributed by atoms with Crippen molar-refractivity contribution in [1.82, 2.24) is 0 Å². The van der Waals surface area contributed by atoms with Crippen molar-refractivity contribution in [2.24, 2.45) is 22.2 Å². The van der Waals surface area contributed by atoms with Crippen molar-refractivity contribution in [3.05, 3.63) is 0 Å². The zero-order valence-corrected chi connectivity index (χ0v) is 13.5. The summed E-state index contributed by atoms with van der Waals surface area (Å²) in [6.45, 7) is 11.8. The van der Waals surface area contributed by atoms with Gasteiger partial charge in [-0.1, -0.05) is 13.8 Å². The summed E-state index contributed by atoms with van der Waals surface area (Å²) in [5, 5.41) is 10.7. The average Bonchev–Trinajstić information content (AvgIpc) is 2.23. The lowest BCUT2D eigenvalue weighted by Crippen LogP contribution is -2.64. The van der Waals surface area contributed by atoms with Gasteiger partial charge < -0.3 is 9.84 Å². The molecule has 3 aliphatic carbocycles. The predicted octanol–water partition coefficient (Wildman–Crippen LogP) is 2.59. The number of aliphatic imine (C=N–C) groups is 1. The highest BCUT2D eigenvalue weighted by Crippen LogP contribution is 2.61. The monoisotopic (exact) mass is 281 g/mol. The van der Waals surface area contributed by atoms with Gasteiger partial charge in [-0.05, 0) is 57.8 Å². The van der Waals surface area contributed by atoms with Gasteiger partial charge in [0.15, 0.2) is 0 Å². The molecule has 3 atom stereocenters. The number of carbonyl (C=O) groups is 1. The van der Waals surface area contributed by atoms with E-state index in [1.54, 1.807) is 0 Å². The SMILES string of the molecule is CC(C)(C)OC(=O)C/N=C1/C[C@H]2C[C@H](C2(C)C)[C@@]1(C)O. The molecule has 0 radical (unpaired) electrons. The van der Waals surface area contributed by atoms with E-state index in [1.165, 1.54) is 0 Å². The number of nitrogens with zero attached hydrogens (tertiary/aromatic N) is 1. The second kappa shape index (κ2) is 4.55. The van der Waals surface area contributed by atoms with E-state index < -0.39 is 11.2 Å². The molecule has 0 amide bonds. The fourth-order valence-corrected chi connectivity index (χ4v) is 3.72. The largest absolute Gasteiger partial charge is 0.459 e. The molecule has 4 nitrogen and oxygen atoms in total. The van der Waals surface area contributed by atoms with Gasteiger partial charge in [0.2, 0.25) is 0 Å². The van der Waals surface area contributed by atoms with E-state index >= 15 is 0 Å². The summed E-state index contributed by atoms with van der Waals surface area (Å²) in [5.74, 6) is 0.482. The molecule has 0 aromatic rings. The number of aliphatic hydroxyl groups is 1. The molecule has 0 aromatic carbocycles.